The van der Waals surface area contributed by atoms with Gasteiger partial charge in [-0.15, -0.1) is 0 Å². The van der Waals surface area contributed by atoms with Crippen LogP contribution in [0.1, 0.15) is 13.3 Å². The molecule has 2 atom stereocenters. The first-order valence-corrected chi connectivity index (χ1v) is 5.40. The van der Waals surface area contributed by atoms with Gasteiger partial charge in [-0.1, -0.05) is 0 Å². The molecule has 0 saturated carbocycles. The van der Waals surface area contributed by atoms with Crippen molar-refractivity contribution in [2.24, 2.45) is 5.73 Å². The molecule has 7 heteroatoms. The Bertz CT molecular complexity index is 188. The summed E-state index contributed by atoms with van der Waals surface area (Å²) < 4.78 is 51.7. The van der Waals surface area contributed by atoms with Crippen molar-refractivity contribution < 1.29 is 27.4 Å². The van der Waals surface area contributed by atoms with E-state index >= 15 is 0 Å². The van der Waals surface area contributed by atoms with Crippen LogP contribution in [-0.4, -0.2) is 51.9 Å². The van der Waals surface area contributed by atoms with E-state index < -0.39 is 18.3 Å². The monoisotopic (exact) mass is 259 g/mol. The molecule has 0 spiro atoms. The summed E-state index contributed by atoms with van der Waals surface area (Å²) in [5, 5.41) is 0. The molecule has 2 N–H and O–H groups in total. The van der Waals surface area contributed by atoms with Crippen molar-refractivity contribution in [2.75, 3.05) is 33.5 Å². The van der Waals surface area contributed by atoms with E-state index in [0.717, 1.165) is 0 Å². The Kier molecular flexibility index (Phi) is 8.49. The quantitative estimate of drug-likeness (QED) is 0.635. The van der Waals surface area contributed by atoms with E-state index in [1.807, 2.05) is 0 Å². The molecule has 0 aromatic carbocycles. The first kappa shape index (κ1) is 16.6. The molecule has 4 nitrogen and oxygen atoms in total. The molecule has 0 aromatic rings. The average Bonchev–Trinajstić information content (AvgIpc) is 2.19. The molecule has 0 radical (unpaired) electrons. The third kappa shape index (κ3) is 8.37. The van der Waals surface area contributed by atoms with Gasteiger partial charge in [0.25, 0.3) is 0 Å². The highest BCUT2D eigenvalue weighted by Gasteiger charge is 2.42. The first-order chi connectivity index (χ1) is 7.89. The smallest absolute Gasteiger partial charge is 0.385 e. The molecule has 0 heterocycles. The van der Waals surface area contributed by atoms with Crippen molar-refractivity contribution in [3.63, 3.8) is 0 Å². The Labute approximate surface area is 99.2 Å². The van der Waals surface area contributed by atoms with Crippen molar-refractivity contribution in [1.82, 2.24) is 0 Å². The van der Waals surface area contributed by atoms with Crippen LogP contribution in [-0.2, 0) is 14.2 Å². The zero-order valence-corrected chi connectivity index (χ0v) is 10.1. The molecule has 0 amide bonds. The highest BCUT2D eigenvalue weighted by atomic mass is 19.4. The van der Waals surface area contributed by atoms with Crippen LogP contribution in [0.5, 0.6) is 0 Å². The zero-order chi connectivity index (χ0) is 13.3. The molecule has 17 heavy (non-hydrogen) atoms. The van der Waals surface area contributed by atoms with Gasteiger partial charge in [0, 0.05) is 26.4 Å². The van der Waals surface area contributed by atoms with Crippen molar-refractivity contribution in [2.45, 2.75) is 31.7 Å². The Balaban J connectivity index is 3.63. The van der Waals surface area contributed by atoms with E-state index in [4.69, 9.17) is 15.2 Å². The van der Waals surface area contributed by atoms with E-state index in [9.17, 15) is 13.2 Å². The molecule has 104 valence electrons. The first-order valence-electron chi connectivity index (χ1n) is 5.40. The lowest BCUT2D eigenvalue weighted by atomic mass is 10.2. The molecule has 0 aliphatic carbocycles. The summed E-state index contributed by atoms with van der Waals surface area (Å²) in [6.45, 7) is 2.25. The predicted molar refractivity (Wildman–Crippen MR) is 56.8 cm³/mol. The van der Waals surface area contributed by atoms with Gasteiger partial charge in [-0.25, -0.2) is 0 Å². The van der Waals surface area contributed by atoms with Crippen molar-refractivity contribution in [3.05, 3.63) is 0 Å². The van der Waals surface area contributed by atoms with Gasteiger partial charge in [0.1, 0.15) is 0 Å². The summed E-state index contributed by atoms with van der Waals surface area (Å²) in [6, 6.07) is -1.09. The molecule has 0 aliphatic rings. The van der Waals surface area contributed by atoms with Crippen molar-refractivity contribution in [1.29, 1.82) is 0 Å². The van der Waals surface area contributed by atoms with Crippen LogP contribution < -0.4 is 5.73 Å². The summed E-state index contributed by atoms with van der Waals surface area (Å²) in [5.41, 5.74) is 5.20. The molecule has 2 unspecified atom stereocenters. The Morgan fingerprint density at radius 2 is 1.76 bits per heavy atom. The molecule has 0 rings (SSSR count). The third-order valence-corrected chi connectivity index (χ3v) is 1.96. The average molecular weight is 259 g/mol. The Hall–Kier alpha value is -0.370. The predicted octanol–water partition coefficient (Wildman–Crippen LogP) is 1.33. The topological polar surface area (TPSA) is 53.7 Å². The van der Waals surface area contributed by atoms with Gasteiger partial charge in [0.2, 0.25) is 0 Å². The van der Waals surface area contributed by atoms with Gasteiger partial charge in [-0.05, 0) is 13.3 Å². The number of hydrogen-bond acceptors (Lipinski definition) is 4. The van der Waals surface area contributed by atoms with E-state index in [1.54, 1.807) is 7.11 Å². The molecule has 0 saturated heterocycles. The summed E-state index contributed by atoms with van der Waals surface area (Å²) in [7, 11) is 1.57. The minimum Gasteiger partial charge on any atom is -0.385 e. The summed E-state index contributed by atoms with van der Waals surface area (Å²) in [4.78, 5) is 0. The van der Waals surface area contributed by atoms with Gasteiger partial charge in [-0.3, -0.25) is 0 Å². The lowest BCUT2D eigenvalue weighted by molar-refractivity contribution is -0.227. The standard InChI is InChI=1S/C10H20F3NO3/c1-8(14)9(10(11,12)13)17-7-6-16-5-3-4-15-2/h8-9H,3-7,14H2,1-2H3. The lowest BCUT2D eigenvalue weighted by Gasteiger charge is -2.23. The second kappa shape index (κ2) is 8.68. The largest absolute Gasteiger partial charge is 0.416 e. The van der Waals surface area contributed by atoms with Crippen LogP contribution >= 0.6 is 0 Å². The molecule has 0 bridgehead atoms. The number of ether oxygens (including phenoxy) is 3. The normalized spacial score (nSPS) is 15.9. The van der Waals surface area contributed by atoms with Gasteiger partial charge in [0.15, 0.2) is 6.10 Å². The minimum atomic E-state index is -4.44. The molecule has 0 fully saturated rings. The highest BCUT2D eigenvalue weighted by Crippen LogP contribution is 2.24. The van der Waals surface area contributed by atoms with Crippen LogP contribution in [0.4, 0.5) is 13.2 Å². The lowest BCUT2D eigenvalue weighted by Crippen LogP contribution is -2.45. The number of nitrogens with two attached hydrogens (primary N) is 1. The van der Waals surface area contributed by atoms with Crippen LogP contribution in [0, 0.1) is 0 Å². The molecule has 0 aromatic heterocycles. The number of halogens is 3. The van der Waals surface area contributed by atoms with Gasteiger partial charge in [0.05, 0.1) is 13.2 Å². The van der Waals surface area contributed by atoms with Gasteiger partial charge < -0.3 is 19.9 Å². The van der Waals surface area contributed by atoms with Crippen LogP contribution in [0.2, 0.25) is 0 Å². The maximum absolute atomic E-state index is 12.4. The second-order valence-electron chi connectivity index (χ2n) is 3.65. The maximum atomic E-state index is 12.4. The van der Waals surface area contributed by atoms with E-state index in [2.05, 4.69) is 4.74 Å². The Morgan fingerprint density at radius 1 is 1.12 bits per heavy atom. The highest BCUT2D eigenvalue weighted by molar-refractivity contribution is 4.76. The van der Waals surface area contributed by atoms with E-state index in [1.165, 1.54) is 6.92 Å². The zero-order valence-electron chi connectivity index (χ0n) is 10.1. The van der Waals surface area contributed by atoms with Crippen molar-refractivity contribution >= 4 is 0 Å². The Morgan fingerprint density at radius 3 is 2.24 bits per heavy atom. The SMILES string of the molecule is COCCCOCCOC(C(C)N)C(F)(F)F. The molecular formula is C10H20F3NO3. The maximum Gasteiger partial charge on any atom is 0.416 e. The van der Waals surface area contributed by atoms with E-state index in [-0.39, 0.29) is 13.2 Å². The summed E-state index contributed by atoms with van der Waals surface area (Å²) >= 11 is 0. The fourth-order valence-corrected chi connectivity index (χ4v) is 1.19. The van der Waals surface area contributed by atoms with Crippen molar-refractivity contribution in [3.8, 4) is 0 Å². The molecule has 0 aliphatic heterocycles. The minimum absolute atomic E-state index is 0.114. The van der Waals surface area contributed by atoms with Crippen LogP contribution in [0.3, 0.4) is 0 Å². The number of alkyl halides is 3. The van der Waals surface area contributed by atoms with Gasteiger partial charge in [-0.2, -0.15) is 13.2 Å². The second-order valence-corrected chi connectivity index (χ2v) is 3.65. The summed E-state index contributed by atoms with van der Waals surface area (Å²) in [6.07, 6.45) is -5.68. The van der Waals surface area contributed by atoms with Gasteiger partial charge >= 0.3 is 6.18 Å². The van der Waals surface area contributed by atoms with Crippen LogP contribution in [0.15, 0.2) is 0 Å². The molecular weight excluding hydrogens is 239 g/mol. The summed E-state index contributed by atoms with van der Waals surface area (Å²) in [5.74, 6) is 0. The fourth-order valence-electron chi connectivity index (χ4n) is 1.19. The number of rotatable bonds is 9. The number of methoxy groups -OCH3 is 1. The van der Waals surface area contributed by atoms with E-state index in [0.29, 0.717) is 19.6 Å². The number of hydrogen-bond donors (Lipinski definition) is 1. The fraction of sp³-hybridized carbons (Fsp3) is 1.00. The third-order valence-electron chi connectivity index (χ3n) is 1.96. The van der Waals surface area contributed by atoms with Crippen LogP contribution in [0.25, 0.3) is 0 Å².